The third-order valence-corrected chi connectivity index (χ3v) is 6.44. The van der Waals surface area contributed by atoms with Gasteiger partial charge in [-0.3, -0.25) is 4.79 Å². The Morgan fingerprint density at radius 1 is 1.11 bits per heavy atom. The molecule has 2 aliphatic rings. The third kappa shape index (κ3) is 6.96. The van der Waals surface area contributed by atoms with E-state index in [9.17, 15) is 9.59 Å². The van der Waals surface area contributed by atoms with Crippen LogP contribution in [0.1, 0.15) is 30.4 Å². The van der Waals surface area contributed by atoms with Crippen LogP contribution in [0.4, 0.5) is 10.5 Å². The van der Waals surface area contributed by atoms with Crippen LogP contribution in [0.5, 0.6) is 5.75 Å². The van der Waals surface area contributed by atoms with Crippen LogP contribution in [0.15, 0.2) is 48.5 Å². The molecule has 8 heteroatoms. The second-order valence-corrected chi connectivity index (χ2v) is 8.96. The van der Waals surface area contributed by atoms with Crippen molar-refractivity contribution in [2.45, 2.75) is 38.3 Å². The van der Waals surface area contributed by atoms with E-state index in [1.54, 1.807) is 12.0 Å². The van der Waals surface area contributed by atoms with Crippen molar-refractivity contribution in [2.75, 3.05) is 51.4 Å². The monoisotopic (exact) mass is 481 g/mol. The molecule has 188 valence electrons. The number of fused-ring (bicyclic) bond motifs is 1. The van der Waals surface area contributed by atoms with E-state index in [2.05, 4.69) is 5.32 Å². The number of piperazine rings is 1. The van der Waals surface area contributed by atoms with Gasteiger partial charge in [0.25, 0.3) is 0 Å². The molecule has 2 amide bonds. The molecule has 0 unspecified atom stereocenters. The van der Waals surface area contributed by atoms with Gasteiger partial charge in [0.2, 0.25) is 5.91 Å². The molecule has 4 rings (SSSR count). The van der Waals surface area contributed by atoms with Gasteiger partial charge in [0, 0.05) is 58.0 Å². The van der Waals surface area contributed by atoms with E-state index in [0.29, 0.717) is 39.3 Å². The van der Waals surface area contributed by atoms with Crippen molar-refractivity contribution in [1.82, 2.24) is 10.2 Å². The molecule has 1 fully saturated rings. The van der Waals surface area contributed by atoms with Crippen molar-refractivity contribution in [1.29, 1.82) is 0 Å². The number of nitrogens with zero attached hydrogens (tertiary/aromatic N) is 2. The lowest BCUT2D eigenvalue weighted by Crippen LogP contribution is -2.53. The summed E-state index contributed by atoms with van der Waals surface area (Å²) in [4.78, 5) is 28.5. The molecule has 0 bridgehead atoms. The number of anilines is 1. The Labute approximate surface area is 207 Å². The van der Waals surface area contributed by atoms with Crippen molar-refractivity contribution in [3.63, 3.8) is 0 Å². The normalized spacial score (nSPS) is 17.7. The van der Waals surface area contributed by atoms with Gasteiger partial charge in [-0.15, -0.1) is 0 Å². The van der Waals surface area contributed by atoms with Crippen LogP contribution in [-0.2, 0) is 27.3 Å². The summed E-state index contributed by atoms with van der Waals surface area (Å²) in [6, 6.07) is 15.8. The van der Waals surface area contributed by atoms with Gasteiger partial charge in [-0.2, -0.15) is 0 Å². The Morgan fingerprint density at radius 3 is 2.80 bits per heavy atom. The average molecular weight is 482 g/mol. The van der Waals surface area contributed by atoms with Gasteiger partial charge < -0.3 is 29.3 Å². The van der Waals surface area contributed by atoms with Crippen LogP contribution >= 0.6 is 0 Å². The number of ether oxygens (including phenoxy) is 3. The number of amides is 2. The molecule has 1 saturated heterocycles. The van der Waals surface area contributed by atoms with Gasteiger partial charge in [0.15, 0.2) is 0 Å². The summed E-state index contributed by atoms with van der Waals surface area (Å²) in [7, 11) is 1.67. The number of hydrogen-bond acceptors (Lipinski definition) is 6. The van der Waals surface area contributed by atoms with Crippen molar-refractivity contribution >= 4 is 17.7 Å². The maximum Gasteiger partial charge on any atom is 0.410 e. The molecule has 2 aromatic rings. The first kappa shape index (κ1) is 25.0. The number of benzene rings is 2. The van der Waals surface area contributed by atoms with Crippen molar-refractivity contribution in [3.8, 4) is 5.75 Å². The second kappa shape index (κ2) is 12.6. The van der Waals surface area contributed by atoms with E-state index in [4.69, 9.17) is 14.2 Å². The van der Waals surface area contributed by atoms with Gasteiger partial charge in [0.05, 0.1) is 6.61 Å². The molecule has 2 aromatic carbocycles. The molecule has 1 N–H and O–H groups in total. The number of carbonyl (C=O) groups is 2. The fourth-order valence-electron chi connectivity index (χ4n) is 4.55. The summed E-state index contributed by atoms with van der Waals surface area (Å²) in [5, 5.41) is 3.47. The lowest BCUT2D eigenvalue weighted by atomic mass is 10.0. The summed E-state index contributed by atoms with van der Waals surface area (Å²) in [6.45, 7) is 4.09. The molecule has 1 atom stereocenters. The highest BCUT2D eigenvalue weighted by Gasteiger charge is 2.25. The van der Waals surface area contributed by atoms with E-state index in [0.717, 1.165) is 48.4 Å². The highest BCUT2D eigenvalue weighted by atomic mass is 16.6. The molecular formula is C27H35N3O5. The summed E-state index contributed by atoms with van der Waals surface area (Å²) in [5.41, 5.74) is 3.10. The zero-order chi connectivity index (χ0) is 24.5. The molecule has 0 saturated carbocycles. The highest BCUT2D eigenvalue weighted by molar-refractivity contribution is 5.96. The smallest absolute Gasteiger partial charge is 0.410 e. The summed E-state index contributed by atoms with van der Waals surface area (Å²) in [5.74, 6) is 0.974. The Morgan fingerprint density at radius 2 is 1.97 bits per heavy atom. The molecule has 0 aromatic heterocycles. The SMILES string of the molecule is COCCCN1C(=O)CCc2cc(OCC[C@@H]3CN(C(=O)OCc4ccccc4)CCN3)ccc21. The van der Waals surface area contributed by atoms with E-state index in [1.807, 2.05) is 53.4 Å². The Balaban J connectivity index is 1.23. The average Bonchev–Trinajstić information content (AvgIpc) is 2.89. The van der Waals surface area contributed by atoms with Gasteiger partial charge in [-0.1, -0.05) is 30.3 Å². The predicted octanol–water partition coefficient (Wildman–Crippen LogP) is 3.38. The summed E-state index contributed by atoms with van der Waals surface area (Å²) < 4.78 is 16.6. The first-order valence-corrected chi connectivity index (χ1v) is 12.4. The number of rotatable bonds is 10. The molecule has 0 spiro atoms. The van der Waals surface area contributed by atoms with Crippen LogP contribution in [0, 0.1) is 0 Å². The zero-order valence-electron chi connectivity index (χ0n) is 20.4. The third-order valence-electron chi connectivity index (χ3n) is 6.44. The van der Waals surface area contributed by atoms with Crippen LogP contribution in [0.3, 0.4) is 0 Å². The van der Waals surface area contributed by atoms with Crippen LogP contribution in [0.25, 0.3) is 0 Å². The zero-order valence-corrected chi connectivity index (χ0v) is 20.4. The van der Waals surface area contributed by atoms with Crippen LogP contribution in [-0.4, -0.2) is 69.4 Å². The minimum atomic E-state index is -0.277. The number of carbonyl (C=O) groups excluding carboxylic acids is 2. The quantitative estimate of drug-likeness (QED) is 0.524. The lowest BCUT2D eigenvalue weighted by Gasteiger charge is -2.33. The van der Waals surface area contributed by atoms with E-state index in [1.165, 1.54) is 0 Å². The molecule has 0 radical (unpaired) electrons. The number of aryl methyl sites for hydroxylation is 1. The van der Waals surface area contributed by atoms with E-state index < -0.39 is 0 Å². The number of hydrogen-bond donors (Lipinski definition) is 1. The number of methoxy groups -OCH3 is 1. The molecule has 35 heavy (non-hydrogen) atoms. The second-order valence-electron chi connectivity index (χ2n) is 8.96. The van der Waals surface area contributed by atoms with Crippen molar-refractivity contribution in [3.05, 3.63) is 59.7 Å². The maximum atomic E-state index is 12.5. The minimum Gasteiger partial charge on any atom is -0.494 e. The van der Waals surface area contributed by atoms with Crippen molar-refractivity contribution < 1.29 is 23.8 Å². The minimum absolute atomic E-state index is 0.152. The van der Waals surface area contributed by atoms with Crippen LogP contribution in [0.2, 0.25) is 0 Å². The number of nitrogens with one attached hydrogen (secondary N) is 1. The predicted molar refractivity (Wildman–Crippen MR) is 134 cm³/mol. The summed E-state index contributed by atoms with van der Waals surface area (Å²) in [6.07, 6.45) is 2.56. The molecule has 2 heterocycles. The Kier molecular flexibility index (Phi) is 8.97. The van der Waals surface area contributed by atoms with Gasteiger partial charge in [-0.05, 0) is 48.6 Å². The molecule has 0 aliphatic carbocycles. The van der Waals surface area contributed by atoms with E-state index in [-0.39, 0.29) is 24.6 Å². The summed E-state index contributed by atoms with van der Waals surface area (Å²) >= 11 is 0. The largest absolute Gasteiger partial charge is 0.494 e. The van der Waals surface area contributed by atoms with E-state index >= 15 is 0 Å². The first-order chi connectivity index (χ1) is 17.1. The standard InChI is InChI=1S/C27H35N3O5/c1-33-16-5-14-30-25-10-9-24(18-22(25)8-11-26(30)31)34-17-12-23-19-29(15-13-28-23)27(32)35-20-21-6-3-2-4-7-21/h2-4,6-7,9-10,18,23,28H,5,8,11-17,19-20H2,1H3/t23-/m1/s1. The highest BCUT2D eigenvalue weighted by Crippen LogP contribution is 2.31. The van der Waals surface area contributed by atoms with Gasteiger partial charge in [0.1, 0.15) is 12.4 Å². The molecule has 8 nitrogen and oxygen atoms in total. The van der Waals surface area contributed by atoms with Crippen LogP contribution < -0.4 is 15.0 Å². The van der Waals surface area contributed by atoms with Gasteiger partial charge >= 0.3 is 6.09 Å². The Bertz CT molecular complexity index is 984. The lowest BCUT2D eigenvalue weighted by molar-refractivity contribution is -0.118. The van der Waals surface area contributed by atoms with Crippen molar-refractivity contribution in [2.24, 2.45) is 0 Å². The fraction of sp³-hybridized carbons (Fsp3) is 0.481. The Hall–Kier alpha value is -3.10. The maximum absolute atomic E-state index is 12.5. The fourth-order valence-corrected chi connectivity index (χ4v) is 4.55. The topological polar surface area (TPSA) is 80.3 Å². The molecular weight excluding hydrogens is 446 g/mol. The van der Waals surface area contributed by atoms with Gasteiger partial charge in [-0.25, -0.2) is 4.79 Å². The molecule has 2 aliphatic heterocycles. The first-order valence-electron chi connectivity index (χ1n) is 12.4.